The van der Waals surface area contributed by atoms with Crippen LogP contribution in [0.15, 0.2) is 24.3 Å². The van der Waals surface area contributed by atoms with Gasteiger partial charge in [0, 0.05) is 30.9 Å². The van der Waals surface area contributed by atoms with Crippen molar-refractivity contribution in [3.8, 4) is 0 Å². The summed E-state index contributed by atoms with van der Waals surface area (Å²) in [6.07, 6.45) is 3.97. The molecule has 2 nitrogen and oxygen atoms in total. The summed E-state index contributed by atoms with van der Waals surface area (Å²) in [7, 11) is 0. The van der Waals surface area contributed by atoms with Crippen molar-refractivity contribution >= 4 is 5.69 Å². The Morgan fingerprint density at radius 2 is 1.90 bits per heavy atom. The molecule has 1 aromatic carbocycles. The van der Waals surface area contributed by atoms with Crippen molar-refractivity contribution in [3.63, 3.8) is 0 Å². The van der Waals surface area contributed by atoms with Crippen LogP contribution in [0.3, 0.4) is 0 Å². The number of hydrogen-bond acceptors (Lipinski definition) is 2. The maximum atomic E-state index is 3.79. The summed E-state index contributed by atoms with van der Waals surface area (Å²) in [4.78, 5) is 2.66. The molecule has 2 heteroatoms. The normalized spacial score (nSPS) is 27.1. The molecule has 0 bridgehead atoms. The van der Waals surface area contributed by atoms with Gasteiger partial charge in [0.15, 0.2) is 0 Å². The monoisotopic (exact) mass is 272 g/mol. The molecule has 2 fully saturated rings. The quantitative estimate of drug-likeness (QED) is 0.903. The third kappa shape index (κ3) is 2.85. The molecule has 0 spiro atoms. The molecule has 0 radical (unpaired) electrons. The summed E-state index contributed by atoms with van der Waals surface area (Å²) in [6.45, 7) is 9.22. The van der Waals surface area contributed by atoms with Gasteiger partial charge in [0.25, 0.3) is 0 Å². The van der Waals surface area contributed by atoms with Crippen LogP contribution < -0.4 is 10.2 Å². The number of nitrogens with one attached hydrogen (secondary N) is 1. The zero-order valence-electron chi connectivity index (χ0n) is 13.1. The number of rotatable bonds is 4. The highest BCUT2D eigenvalue weighted by Crippen LogP contribution is 2.36. The van der Waals surface area contributed by atoms with Crippen LogP contribution in [0.2, 0.25) is 0 Å². The van der Waals surface area contributed by atoms with Crippen LogP contribution in [-0.4, -0.2) is 25.2 Å². The number of hydrogen-bond donors (Lipinski definition) is 1. The van der Waals surface area contributed by atoms with Gasteiger partial charge in [0.05, 0.1) is 0 Å². The van der Waals surface area contributed by atoms with Crippen molar-refractivity contribution in [3.05, 3.63) is 29.8 Å². The van der Waals surface area contributed by atoms with Crippen LogP contribution >= 0.6 is 0 Å². The van der Waals surface area contributed by atoms with Gasteiger partial charge in [-0.1, -0.05) is 32.9 Å². The Balaban J connectivity index is 1.79. The number of anilines is 1. The van der Waals surface area contributed by atoms with E-state index >= 15 is 0 Å². The molecule has 2 unspecified atom stereocenters. The summed E-state index contributed by atoms with van der Waals surface area (Å²) < 4.78 is 0. The molecule has 1 saturated heterocycles. The third-order valence-electron chi connectivity index (χ3n) is 5.02. The fraction of sp³-hybridized carbons (Fsp3) is 0.667. The zero-order chi connectivity index (χ0) is 14.1. The molecular weight excluding hydrogens is 244 g/mol. The first-order valence-corrected chi connectivity index (χ1v) is 8.28. The molecule has 2 atom stereocenters. The van der Waals surface area contributed by atoms with Gasteiger partial charge in [-0.25, -0.2) is 0 Å². The van der Waals surface area contributed by atoms with Gasteiger partial charge in [-0.2, -0.15) is 0 Å². The van der Waals surface area contributed by atoms with Gasteiger partial charge >= 0.3 is 0 Å². The average Bonchev–Trinajstić information content (AvgIpc) is 3.31. The van der Waals surface area contributed by atoms with Crippen LogP contribution in [0.4, 0.5) is 5.69 Å². The van der Waals surface area contributed by atoms with Crippen LogP contribution in [0.25, 0.3) is 0 Å². The van der Waals surface area contributed by atoms with Gasteiger partial charge in [-0.05, 0) is 48.8 Å². The Morgan fingerprint density at radius 3 is 2.45 bits per heavy atom. The minimum absolute atomic E-state index is 0.623. The highest BCUT2D eigenvalue weighted by molar-refractivity contribution is 5.49. The number of piperazine rings is 1. The van der Waals surface area contributed by atoms with Crippen molar-refractivity contribution in [2.75, 3.05) is 18.0 Å². The first-order valence-electron chi connectivity index (χ1n) is 8.28. The smallest absolute Gasteiger partial charge is 0.0438 e. The summed E-state index contributed by atoms with van der Waals surface area (Å²) in [5.74, 6) is 1.62. The van der Waals surface area contributed by atoms with Crippen molar-refractivity contribution in [2.45, 2.75) is 52.1 Å². The SMILES string of the molecule is CCc1ccc(N2CC(C3CC3)NCC2C(C)C)cc1. The van der Waals surface area contributed by atoms with E-state index in [1.54, 1.807) is 0 Å². The minimum atomic E-state index is 0.623. The Kier molecular flexibility index (Phi) is 4.02. The molecule has 1 heterocycles. The molecule has 20 heavy (non-hydrogen) atoms. The fourth-order valence-electron chi connectivity index (χ4n) is 3.42. The van der Waals surface area contributed by atoms with E-state index in [4.69, 9.17) is 0 Å². The predicted molar refractivity (Wildman–Crippen MR) is 86.3 cm³/mol. The molecule has 1 aliphatic carbocycles. The summed E-state index contributed by atoms with van der Waals surface area (Å²) in [5, 5.41) is 3.79. The van der Waals surface area contributed by atoms with Crippen molar-refractivity contribution in [1.29, 1.82) is 0 Å². The lowest BCUT2D eigenvalue weighted by Crippen LogP contribution is -2.59. The van der Waals surface area contributed by atoms with Crippen molar-refractivity contribution in [1.82, 2.24) is 5.32 Å². The number of benzene rings is 1. The van der Waals surface area contributed by atoms with Crippen LogP contribution in [0.1, 0.15) is 39.2 Å². The Labute approximate surface area is 123 Å². The molecule has 1 N–H and O–H groups in total. The average molecular weight is 272 g/mol. The second kappa shape index (κ2) is 5.77. The largest absolute Gasteiger partial charge is 0.365 e. The first-order chi connectivity index (χ1) is 9.69. The van der Waals surface area contributed by atoms with Crippen LogP contribution in [-0.2, 0) is 6.42 Å². The van der Waals surface area contributed by atoms with E-state index in [0.717, 1.165) is 18.9 Å². The van der Waals surface area contributed by atoms with E-state index in [1.165, 1.54) is 30.6 Å². The van der Waals surface area contributed by atoms with Crippen LogP contribution in [0.5, 0.6) is 0 Å². The van der Waals surface area contributed by atoms with E-state index in [2.05, 4.69) is 55.3 Å². The van der Waals surface area contributed by atoms with Gasteiger partial charge in [-0.15, -0.1) is 0 Å². The molecule has 0 amide bonds. The third-order valence-corrected chi connectivity index (χ3v) is 5.02. The lowest BCUT2D eigenvalue weighted by Gasteiger charge is -2.44. The Morgan fingerprint density at radius 1 is 1.20 bits per heavy atom. The highest BCUT2D eigenvalue weighted by Gasteiger charge is 2.37. The number of aryl methyl sites for hydroxylation is 1. The second-order valence-electron chi connectivity index (χ2n) is 6.84. The molecular formula is C18H28N2. The first kappa shape index (κ1) is 13.9. The lowest BCUT2D eigenvalue weighted by molar-refractivity contribution is 0.320. The Hall–Kier alpha value is -1.02. The van der Waals surface area contributed by atoms with E-state index in [-0.39, 0.29) is 0 Å². The van der Waals surface area contributed by atoms with Crippen molar-refractivity contribution < 1.29 is 0 Å². The predicted octanol–water partition coefficient (Wildman–Crippen LogP) is 3.46. The van der Waals surface area contributed by atoms with Crippen molar-refractivity contribution in [2.24, 2.45) is 11.8 Å². The molecule has 0 aromatic heterocycles. The second-order valence-corrected chi connectivity index (χ2v) is 6.84. The summed E-state index contributed by atoms with van der Waals surface area (Å²) in [5.41, 5.74) is 2.84. The van der Waals surface area contributed by atoms with Gasteiger partial charge < -0.3 is 10.2 Å². The molecule has 1 saturated carbocycles. The Bertz CT molecular complexity index is 433. The van der Waals surface area contributed by atoms with E-state index in [1.807, 2.05) is 0 Å². The zero-order valence-corrected chi connectivity index (χ0v) is 13.1. The minimum Gasteiger partial charge on any atom is -0.365 e. The van der Waals surface area contributed by atoms with Gasteiger partial charge in [0.1, 0.15) is 0 Å². The van der Waals surface area contributed by atoms with Crippen LogP contribution in [0, 0.1) is 11.8 Å². The maximum Gasteiger partial charge on any atom is 0.0438 e. The summed E-state index contributed by atoms with van der Waals surface area (Å²) in [6, 6.07) is 10.6. The summed E-state index contributed by atoms with van der Waals surface area (Å²) >= 11 is 0. The van der Waals surface area contributed by atoms with E-state index in [0.29, 0.717) is 18.0 Å². The van der Waals surface area contributed by atoms with E-state index in [9.17, 15) is 0 Å². The topological polar surface area (TPSA) is 15.3 Å². The van der Waals surface area contributed by atoms with E-state index < -0.39 is 0 Å². The maximum absolute atomic E-state index is 3.79. The van der Waals surface area contributed by atoms with Gasteiger partial charge in [0.2, 0.25) is 0 Å². The molecule has 1 aliphatic heterocycles. The molecule has 1 aromatic rings. The molecule has 3 rings (SSSR count). The number of nitrogens with zero attached hydrogens (tertiary/aromatic N) is 1. The lowest BCUT2D eigenvalue weighted by atomic mass is 9.96. The fourth-order valence-corrected chi connectivity index (χ4v) is 3.42. The highest BCUT2D eigenvalue weighted by atomic mass is 15.2. The molecule has 110 valence electrons. The van der Waals surface area contributed by atoms with Gasteiger partial charge in [-0.3, -0.25) is 0 Å². The molecule has 2 aliphatic rings. The standard InChI is InChI=1S/C18H28N2/c1-4-14-5-9-16(10-6-14)20-12-17(15-7-8-15)19-11-18(20)13(2)3/h5-6,9-10,13,15,17-19H,4,7-8,11-12H2,1-3H3.